The number of anilines is 1. The third kappa shape index (κ3) is 4.03. The third-order valence-electron chi connectivity index (χ3n) is 4.01. The predicted octanol–water partition coefficient (Wildman–Crippen LogP) is 2.61. The molecule has 25 heavy (non-hydrogen) atoms. The highest BCUT2D eigenvalue weighted by molar-refractivity contribution is 5.98. The third-order valence-corrected chi connectivity index (χ3v) is 4.01. The molecule has 0 fully saturated rings. The molecule has 0 atom stereocenters. The number of nitrogens with zero attached hydrogens (tertiary/aromatic N) is 3. The first-order chi connectivity index (χ1) is 12.2. The fraction of sp³-hybridized carbons (Fsp3) is 0.211. The van der Waals surface area contributed by atoms with E-state index in [1.807, 2.05) is 25.4 Å². The van der Waals surface area contributed by atoms with Gasteiger partial charge in [0.15, 0.2) is 0 Å². The minimum atomic E-state index is -0.153. The Morgan fingerprint density at radius 2 is 1.96 bits per heavy atom. The number of carbonyl (C=O) groups excluding carboxylic acids is 1. The van der Waals surface area contributed by atoms with Crippen LogP contribution >= 0.6 is 0 Å². The normalized spacial score (nSPS) is 10.5. The molecule has 6 heteroatoms. The molecule has 0 aliphatic carbocycles. The van der Waals surface area contributed by atoms with Crippen LogP contribution in [0.15, 0.2) is 55.0 Å². The zero-order valence-electron chi connectivity index (χ0n) is 14.4. The van der Waals surface area contributed by atoms with Crippen LogP contribution in [-0.2, 0) is 13.1 Å². The van der Waals surface area contributed by atoms with Crippen LogP contribution in [0.1, 0.15) is 27.3 Å². The summed E-state index contributed by atoms with van der Waals surface area (Å²) in [6.45, 7) is 3.37. The highest BCUT2D eigenvalue weighted by Crippen LogP contribution is 2.14. The maximum Gasteiger partial charge on any atom is 0.254 e. The number of aryl methyl sites for hydroxylation is 1. The van der Waals surface area contributed by atoms with Gasteiger partial charge in [0.05, 0.1) is 5.56 Å². The van der Waals surface area contributed by atoms with Gasteiger partial charge in [0.1, 0.15) is 11.6 Å². The first kappa shape index (κ1) is 16.7. The lowest BCUT2D eigenvalue weighted by atomic mass is 10.1. The van der Waals surface area contributed by atoms with Crippen molar-refractivity contribution in [1.82, 2.24) is 19.9 Å². The van der Waals surface area contributed by atoms with Gasteiger partial charge in [-0.15, -0.1) is 0 Å². The van der Waals surface area contributed by atoms with Gasteiger partial charge in [-0.25, -0.2) is 9.97 Å². The Morgan fingerprint density at radius 3 is 2.72 bits per heavy atom. The smallest absolute Gasteiger partial charge is 0.254 e. The van der Waals surface area contributed by atoms with E-state index in [0.717, 1.165) is 17.9 Å². The standard InChI is InChI=1S/C19H21N5O/c1-14-21-9-10-24(14)13-16-6-3-5-15(11-16)12-23-18-17(19(25)20-2)7-4-8-22-18/h3-11H,12-13H2,1-2H3,(H,20,25)(H,22,23). The van der Waals surface area contributed by atoms with Crippen LogP contribution in [-0.4, -0.2) is 27.5 Å². The van der Waals surface area contributed by atoms with Crippen molar-refractivity contribution in [2.24, 2.45) is 0 Å². The molecule has 2 heterocycles. The second-order valence-corrected chi connectivity index (χ2v) is 5.75. The van der Waals surface area contributed by atoms with E-state index in [9.17, 15) is 4.79 Å². The van der Waals surface area contributed by atoms with E-state index in [1.54, 1.807) is 25.4 Å². The molecule has 2 N–H and O–H groups in total. The van der Waals surface area contributed by atoms with Crippen LogP contribution in [0.25, 0.3) is 0 Å². The number of rotatable bonds is 6. The number of hydrogen-bond acceptors (Lipinski definition) is 4. The van der Waals surface area contributed by atoms with E-state index in [1.165, 1.54) is 5.56 Å². The zero-order chi connectivity index (χ0) is 17.6. The number of amides is 1. The summed E-state index contributed by atoms with van der Waals surface area (Å²) in [6, 6.07) is 11.8. The van der Waals surface area contributed by atoms with Crippen molar-refractivity contribution in [1.29, 1.82) is 0 Å². The molecule has 0 saturated carbocycles. The van der Waals surface area contributed by atoms with E-state index in [4.69, 9.17) is 0 Å². The molecular formula is C19H21N5O. The summed E-state index contributed by atoms with van der Waals surface area (Å²) in [4.78, 5) is 20.4. The number of benzene rings is 1. The lowest BCUT2D eigenvalue weighted by Gasteiger charge is -2.11. The molecule has 0 aliphatic rings. The number of aromatic nitrogens is 3. The van der Waals surface area contributed by atoms with Crippen molar-refractivity contribution in [2.75, 3.05) is 12.4 Å². The number of pyridine rings is 1. The molecule has 1 aromatic carbocycles. The Balaban J connectivity index is 1.71. The van der Waals surface area contributed by atoms with E-state index in [-0.39, 0.29) is 5.91 Å². The molecule has 2 aromatic heterocycles. The summed E-state index contributed by atoms with van der Waals surface area (Å²) < 4.78 is 2.11. The van der Waals surface area contributed by atoms with Crippen LogP contribution in [0.5, 0.6) is 0 Å². The summed E-state index contributed by atoms with van der Waals surface area (Å²) in [6.07, 6.45) is 5.46. The van der Waals surface area contributed by atoms with Gasteiger partial charge in [-0.2, -0.15) is 0 Å². The van der Waals surface area contributed by atoms with Crippen molar-refractivity contribution in [3.8, 4) is 0 Å². The first-order valence-electron chi connectivity index (χ1n) is 8.14. The summed E-state index contributed by atoms with van der Waals surface area (Å²) in [5, 5.41) is 5.88. The monoisotopic (exact) mass is 335 g/mol. The van der Waals surface area contributed by atoms with Crippen LogP contribution in [0.3, 0.4) is 0 Å². The fourth-order valence-corrected chi connectivity index (χ4v) is 2.66. The van der Waals surface area contributed by atoms with Gasteiger partial charge in [0.2, 0.25) is 0 Å². The molecule has 0 radical (unpaired) electrons. The SMILES string of the molecule is CNC(=O)c1cccnc1NCc1cccc(Cn2ccnc2C)c1. The van der Waals surface area contributed by atoms with Crippen LogP contribution in [0.4, 0.5) is 5.82 Å². The highest BCUT2D eigenvalue weighted by atomic mass is 16.1. The van der Waals surface area contributed by atoms with Crippen molar-refractivity contribution >= 4 is 11.7 Å². The van der Waals surface area contributed by atoms with Crippen LogP contribution in [0.2, 0.25) is 0 Å². The average Bonchev–Trinajstić information content (AvgIpc) is 3.04. The van der Waals surface area contributed by atoms with Crippen molar-refractivity contribution in [3.63, 3.8) is 0 Å². The quantitative estimate of drug-likeness (QED) is 0.726. The second kappa shape index (κ2) is 7.61. The molecule has 0 spiro atoms. The number of nitrogens with one attached hydrogen (secondary N) is 2. The molecule has 3 aromatic rings. The van der Waals surface area contributed by atoms with E-state index >= 15 is 0 Å². The maximum absolute atomic E-state index is 11.9. The van der Waals surface area contributed by atoms with Crippen LogP contribution < -0.4 is 10.6 Å². The van der Waals surface area contributed by atoms with Gasteiger partial charge in [-0.1, -0.05) is 24.3 Å². The molecule has 1 amide bonds. The topological polar surface area (TPSA) is 71.8 Å². The highest BCUT2D eigenvalue weighted by Gasteiger charge is 2.10. The van der Waals surface area contributed by atoms with Crippen LogP contribution in [0, 0.1) is 6.92 Å². The Hall–Kier alpha value is -3.15. The van der Waals surface area contributed by atoms with Gasteiger partial charge >= 0.3 is 0 Å². The Morgan fingerprint density at radius 1 is 1.12 bits per heavy atom. The van der Waals surface area contributed by atoms with Gasteiger partial charge in [-0.05, 0) is 30.2 Å². The lowest BCUT2D eigenvalue weighted by Crippen LogP contribution is -2.20. The van der Waals surface area contributed by atoms with E-state index in [0.29, 0.717) is 17.9 Å². The zero-order valence-corrected chi connectivity index (χ0v) is 14.4. The molecule has 0 aliphatic heterocycles. The van der Waals surface area contributed by atoms with Crippen molar-refractivity contribution in [3.05, 3.63) is 77.5 Å². The predicted molar refractivity (Wildman–Crippen MR) is 97.5 cm³/mol. The summed E-state index contributed by atoms with van der Waals surface area (Å²) >= 11 is 0. The molecule has 128 valence electrons. The number of carbonyl (C=O) groups is 1. The Kier molecular flexibility index (Phi) is 5.09. The lowest BCUT2D eigenvalue weighted by molar-refractivity contribution is 0.0963. The maximum atomic E-state index is 11.9. The summed E-state index contributed by atoms with van der Waals surface area (Å²) in [7, 11) is 1.61. The average molecular weight is 335 g/mol. The van der Waals surface area contributed by atoms with Crippen molar-refractivity contribution in [2.45, 2.75) is 20.0 Å². The van der Waals surface area contributed by atoms with E-state index < -0.39 is 0 Å². The minimum Gasteiger partial charge on any atom is -0.365 e. The summed E-state index contributed by atoms with van der Waals surface area (Å²) in [5.74, 6) is 1.42. The molecule has 0 saturated heterocycles. The van der Waals surface area contributed by atoms with E-state index in [2.05, 4.69) is 43.4 Å². The first-order valence-corrected chi connectivity index (χ1v) is 8.14. The van der Waals surface area contributed by atoms with Crippen molar-refractivity contribution < 1.29 is 4.79 Å². The molecular weight excluding hydrogens is 314 g/mol. The summed E-state index contributed by atoms with van der Waals surface area (Å²) in [5.41, 5.74) is 2.87. The Bertz CT molecular complexity index is 872. The second-order valence-electron chi connectivity index (χ2n) is 5.75. The minimum absolute atomic E-state index is 0.153. The molecule has 6 nitrogen and oxygen atoms in total. The number of imidazole rings is 1. The fourth-order valence-electron chi connectivity index (χ4n) is 2.66. The largest absolute Gasteiger partial charge is 0.365 e. The van der Waals surface area contributed by atoms with Gasteiger partial charge in [0.25, 0.3) is 5.91 Å². The molecule has 3 rings (SSSR count). The van der Waals surface area contributed by atoms with Gasteiger partial charge in [0, 0.05) is 38.7 Å². The molecule has 0 unspecified atom stereocenters. The Labute approximate surface area is 146 Å². The number of hydrogen-bond donors (Lipinski definition) is 2. The van der Waals surface area contributed by atoms with Gasteiger partial charge in [-0.3, -0.25) is 4.79 Å². The van der Waals surface area contributed by atoms with Gasteiger partial charge < -0.3 is 15.2 Å². The molecule has 0 bridgehead atoms.